The average Bonchev–Trinajstić information content (AvgIpc) is 2.86. The molecule has 0 aromatic rings. The summed E-state index contributed by atoms with van der Waals surface area (Å²) in [5, 5.41) is 0. The lowest BCUT2D eigenvalue weighted by atomic mass is 9.65. The topological polar surface area (TPSA) is 26.3 Å². The van der Waals surface area contributed by atoms with Crippen LogP contribution in [0.2, 0.25) is 0 Å². The summed E-state index contributed by atoms with van der Waals surface area (Å²) in [6.45, 7) is 9.88. The third kappa shape index (κ3) is 2.77. The Balaban J connectivity index is 2.13. The maximum Gasteiger partial charge on any atom is 0.333 e. The predicted octanol–water partition coefficient (Wildman–Crippen LogP) is 4.12. The van der Waals surface area contributed by atoms with Crippen LogP contribution in [-0.2, 0) is 9.53 Å². The van der Waals surface area contributed by atoms with E-state index < -0.39 is 0 Å². The van der Waals surface area contributed by atoms with Gasteiger partial charge in [-0.3, -0.25) is 0 Å². The first-order valence-electron chi connectivity index (χ1n) is 7.61. The number of fused-ring (bicyclic) bond motifs is 1. The van der Waals surface area contributed by atoms with Crippen LogP contribution < -0.4 is 0 Å². The standard InChI is InChI=1S/C17H26O2/c1-5-12-10-16(19-17(18)11(3)4)13(6-2)15-9-7-8-14(12)15/h7-8,12-16H,3,5-6,9-10H2,1-2,4H3. The third-order valence-electron chi connectivity index (χ3n) is 4.97. The third-order valence-corrected chi connectivity index (χ3v) is 4.97. The molecule has 0 N–H and O–H groups in total. The lowest BCUT2D eigenvalue weighted by Gasteiger charge is -2.43. The van der Waals surface area contributed by atoms with Crippen LogP contribution in [0.3, 0.4) is 0 Å². The summed E-state index contributed by atoms with van der Waals surface area (Å²) >= 11 is 0. The van der Waals surface area contributed by atoms with Crippen molar-refractivity contribution >= 4 is 5.97 Å². The van der Waals surface area contributed by atoms with E-state index in [9.17, 15) is 4.79 Å². The van der Waals surface area contributed by atoms with Gasteiger partial charge in [0.05, 0.1) is 0 Å². The van der Waals surface area contributed by atoms with Crippen LogP contribution in [0, 0.1) is 23.7 Å². The zero-order valence-corrected chi connectivity index (χ0v) is 12.4. The zero-order valence-electron chi connectivity index (χ0n) is 12.4. The van der Waals surface area contributed by atoms with Gasteiger partial charge in [-0.15, -0.1) is 0 Å². The molecule has 1 fully saturated rings. The molecule has 1 saturated carbocycles. The molecule has 2 nitrogen and oxygen atoms in total. The lowest BCUT2D eigenvalue weighted by Crippen LogP contribution is -2.42. The van der Waals surface area contributed by atoms with Gasteiger partial charge in [0.15, 0.2) is 0 Å². The SMILES string of the molecule is C=C(C)C(=O)OC1CC(CC)C2C=CCC2C1CC. The van der Waals surface area contributed by atoms with Crippen molar-refractivity contribution in [2.24, 2.45) is 23.7 Å². The highest BCUT2D eigenvalue weighted by molar-refractivity contribution is 5.87. The van der Waals surface area contributed by atoms with E-state index in [2.05, 4.69) is 32.6 Å². The Kier molecular flexibility index (Phi) is 4.49. The fourth-order valence-electron chi connectivity index (χ4n) is 3.94. The van der Waals surface area contributed by atoms with Gasteiger partial charge in [0.1, 0.15) is 6.10 Å². The molecule has 0 spiro atoms. The number of hydrogen-bond acceptors (Lipinski definition) is 2. The second-order valence-corrected chi connectivity index (χ2v) is 6.11. The Morgan fingerprint density at radius 1 is 1.37 bits per heavy atom. The molecule has 2 heteroatoms. The molecule has 19 heavy (non-hydrogen) atoms. The highest BCUT2D eigenvalue weighted by Gasteiger charge is 2.44. The van der Waals surface area contributed by atoms with Gasteiger partial charge in [-0.2, -0.15) is 0 Å². The van der Waals surface area contributed by atoms with Gasteiger partial charge in [0, 0.05) is 5.57 Å². The summed E-state index contributed by atoms with van der Waals surface area (Å²) in [5.41, 5.74) is 0.509. The van der Waals surface area contributed by atoms with Crippen molar-refractivity contribution in [1.29, 1.82) is 0 Å². The average molecular weight is 262 g/mol. The van der Waals surface area contributed by atoms with Crippen LogP contribution in [0.5, 0.6) is 0 Å². The van der Waals surface area contributed by atoms with Crippen molar-refractivity contribution < 1.29 is 9.53 Å². The first kappa shape index (κ1) is 14.4. The van der Waals surface area contributed by atoms with Crippen molar-refractivity contribution in [3.05, 3.63) is 24.3 Å². The van der Waals surface area contributed by atoms with Crippen LogP contribution in [-0.4, -0.2) is 12.1 Å². The van der Waals surface area contributed by atoms with Crippen molar-refractivity contribution in [2.45, 2.75) is 52.6 Å². The van der Waals surface area contributed by atoms with E-state index >= 15 is 0 Å². The smallest absolute Gasteiger partial charge is 0.333 e. The van der Waals surface area contributed by atoms with Crippen LogP contribution in [0.25, 0.3) is 0 Å². The molecule has 106 valence electrons. The summed E-state index contributed by atoms with van der Waals surface area (Å²) in [6, 6.07) is 0. The van der Waals surface area contributed by atoms with Gasteiger partial charge in [-0.1, -0.05) is 39.0 Å². The highest BCUT2D eigenvalue weighted by Crippen LogP contribution is 2.48. The molecule has 0 heterocycles. The van der Waals surface area contributed by atoms with Crippen LogP contribution in [0.1, 0.15) is 46.5 Å². The normalized spacial score (nSPS) is 36.9. The van der Waals surface area contributed by atoms with Crippen LogP contribution >= 0.6 is 0 Å². The molecule has 5 unspecified atom stereocenters. The number of allylic oxidation sites excluding steroid dienone is 2. The van der Waals surface area contributed by atoms with Gasteiger partial charge in [0.25, 0.3) is 0 Å². The van der Waals surface area contributed by atoms with E-state index in [4.69, 9.17) is 4.74 Å². The first-order chi connectivity index (χ1) is 9.08. The number of carbonyl (C=O) groups is 1. The molecule has 2 aliphatic carbocycles. The molecule has 0 saturated heterocycles. The van der Waals surface area contributed by atoms with Gasteiger partial charge in [-0.25, -0.2) is 4.79 Å². The molecule has 2 aliphatic rings. The largest absolute Gasteiger partial charge is 0.459 e. The highest BCUT2D eigenvalue weighted by atomic mass is 16.5. The van der Waals surface area contributed by atoms with E-state index in [0.29, 0.717) is 29.2 Å². The summed E-state index contributed by atoms with van der Waals surface area (Å²) in [6.07, 6.45) is 9.24. The molecule has 2 rings (SSSR count). The molecule has 0 aromatic carbocycles. The molecule has 0 bridgehead atoms. The number of carbonyl (C=O) groups excluding carboxylic acids is 1. The molecular weight excluding hydrogens is 236 g/mol. The Morgan fingerprint density at radius 2 is 2.11 bits per heavy atom. The summed E-state index contributed by atoms with van der Waals surface area (Å²) in [5.74, 6) is 2.32. The van der Waals surface area contributed by atoms with Crippen molar-refractivity contribution in [2.75, 3.05) is 0 Å². The summed E-state index contributed by atoms with van der Waals surface area (Å²) < 4.78 is 5.73. The minimum Gasteiger partial charge on any atom is -0.459 e. The van der Waals surface area contributed by atoms with Crippen molar-refractivity contribution in [1.82, 2.24) is 0 Å². The number of esters is 1. The predicted molar refractivity (Wildman–Crippen MR) is 77.6 cm³/mol. The van der Waals surface area contributed by atoms with Crippen LogP contribution in [0.4, 0.5) is 0 Å². The van der Waals surface area contributed by atoms with Crippen LogP contribution in [0.15, 0.2) is 24.3 Å². The fourth-order valence-corrected chi connectivity index (χ4v) is 3.94. The van der Waals surface area contributed by atoms with E-state index in [0.717, 1.165) is 19.3 Å². The maximum atomic E-state index is 11.8. The van der Waals surface area contributed by atoms with Crippen molar-refractivity contribution in [3.8, 4) is 0 Å². The minimum atomic E-state index is -0.220. The quantitative estimate of drug-likeness (QED) is 0.433. The molecular formula is C17H26O2. The van der Waals surface area contributed by atoms with Gasteiger partial charge in [0.2, 0.25) is 0 Å². The lowest BCUT2D eigenvalue weighted by molar-refractivity contribution is -0.153. The monoisotopic (exact) mass is 262 g/mol. The number of hydrogen-bond donors (Lipinski definition) is 0. The van der Waals surface area contributed by atoms with E-state index in [1.807, 2.05) is 0 Å². The number of rotatable bonds is 4. The molecule has 0 aliphatic heterocycles. The van der Waals surface area contributed by atoms with Gasteiger partial charge >= 0.3 is 5.97 Å². The van der Waals surface area contributed by atoms with Gasteiger partial charge < -0.3 is 4.74 Å². The Hall–Kier alpha value is -1.05. The second-order valence-electron chi connectivity index (χ2n) is 6.11. The molecule has 0 amide bonds. The summed E-state index contributed by atoms with van der Waals surface area (Å²) in [4.78, 5) is 11.8. The molecule has 5 atom stereocenters. The second kappa shape index (κ2) is 5.94. The minimum absolute atomic E-state index is 0.0836. The Morgan fingerprint density at radius 3 is 2.68 bits per heavy atom. The van der Waals surface area contributed by atoms with Crippen molar-refractivity contribution in [3.63, 3.8) is 0 Å². The van der Waals surface area contributed by atoms with Gasteiger partial charge in [-0.05, 0) is 49.9 Å². The summed E-state index contributed by atoms with van der Waals surface area (Å²) in [7, 11) is 0. The van der Waals surface area contributed by atoms with E-state index in [-0.39, 0.29) is 12.1 Å². The fraction of sp³-hybridized carbons (Fsp3) is 0.706. The Labute approximate surface area is 116 Å². The first-order valence-corrected chi connectivity index (χ1v) is 7.61. The molecule has 0 aromatic heterocycles. The Bertz CT molecular complexity index is 383. The maximum absolute atomic E-state index is 11.8. The van der Waals surface area contributed by atoms with E-state index in [1.54, 1.807) is 6.92 Å². The molecule has 0 radical (unpaired) electrons. The zero-order chi connectivity index (χ0) is 14.0. The van der Waals surface area contributed by atoms with E-state index in [1.165, 1.54) is 6.42 Å². The number of ether oxygens (including phenoxy) is 1.